The van der Waals surface area contributed by atoms with Gasteiger partial charge in [0.05, 0.1) is 11.1 Å². The van der Waals surface area contributed by atoms with Gasteiger partial charge >= 0.3 is 0 Å². The van der Waals surface area contributed by atoms with Crippen LogP contribution >= 0.6 is 23.2 Å². The Labute approximate surface area is 135 Å². The van der Waals surface area contributed by atoms with Crippen LogP contribution in [-0.2, 0) is 0 Å². The first-order chi connectivity index (χ1) is 10.5. The van der Waals surface area contributed by atoms with E-state index >= 15 is 0 Å². The summed E-state index contributed by atoms with van der Waals surface area (Å²) in [6.07, 6.45) is 1.28. The first-order valence-electron chi connectivity index (χ1n) is 6.00. The number of nitrogens with zero attached hydrogens (tertiary/aromatic N) is 2. The van der Waals surface area contributed by atoms with Gasteiger partial charge in [0.1, 0.15) is 5.02 Å². The largest absolute Gasteiger partial charge is 0.288 e. The molecule has 0 aromatic heterocycles. The van der Waals surface area contributed by atoms with Crippen molar-refractivity contribution in [3.8, 4) is 0 Å². The normalized spacial score (nSPS) is 10.6. The quantitative estimate of drug-likeness (QED) is 0.524. The number of nitro groups is 1. The number of nitro benzene ring substituents is 1. The summed E-state index contributed by atoms with van der Waals surface area (Å²) in [6.45, 7) is 0. The zero-order valence-electron chi connectivity index (χ0n) is 11.0. The molecule has 1 N–H and O–H groups in total. The van der Waals surface area contributed by atoms with Crippen molar-refractivity contribution in [2.75, 3.05) is 0 Å². The Bertz CT molecular complexity index is 763. The molecular weight excluding hydrogens is 329 g/mol. The van der Waals surface area contributed by atoms with Crippen LogP contribution in [-0.4, -0.2) is 17.0 Å². The van der Waals surface area contributed by atoms with Crippen molar-refractivity contribution in [2.45, 2.75) is 0 Å². The van der Waals surface area contributed by atoms with Crippen LogP contribution in [0.3, 0.4) is 0 Å². The molecule has 1 amide bonds. The number of hydrogen-bond acceptors (Lipinski definition) is 4. The lowest BCUT2D eigenvalue weighted by Gasteiger charge is -2.00. The van der Waals surface area contributed by atoms with Gasteiger partial charge in [-0.3, -0.25) is 14.9 Å². The molecule has 0 atom stereocenters. The maximum absolute atomic E-state index is 11.8. The summed E-state index contributed by atoms with van der Waals surface area (Å²) in [5.74, 6) is -0.442. The minimum atomic E-state index is -0.593. The van der Waals surface area contributed by atoms with Crippen LogP contribution in [0.2, 0.25) is 10.0 Å². The van der Waals surface area contributed by atoms with Gasteiger partial charge in [-0.2, -0.15) is 5.10 Å². The SMILES string of the molecule is O=C(N/N=C/c1ccc(Cl)c([N+](=O)[O-])c1)c1cccc(Cl)c1. The predicted molar refractivity (Wildman–Crippen MR) is 84.6 cm³/mol. The number of halogens is 2. The maximum Gasteiger partial charge on any atom is 0.288 e. The van der Waals surface area contributed by atoms with E-state index < -0.39 is 10.8 Å². The third-order valence-electron chi connectivity index (χ3n) is 2.63. The van der Waals surface area contributed by atoms with Crippen molar-refractivity contribution in [2.24, 2.45) is 5.10 Å². The zero-order valence-corrected chi connectivity index (χ0v) is 12.5. The van der Waals surface area contributed by atoms with Crippen molar-refractivity contribution in [1.82, 2.24) is 5.43 Å². The van der Waals surface area contributed by atoms with Gasteiger partial charge in [0.15, 0.2) is 0 Å². The van der Waals surface area contributed by atoms with E-state index in [-0.39, 0.29) is 10.7 Å². The third-order valence-corrected chi connectivity index (χ3v) is 3.19. The lowest BCUT2D eigenvalue weighted by Crippen LogP contribution is -2.17. The first kappa shape index (κ1) is 15.9. The number of carbonyl (C=O) groups excluding carboxylic acids is 1. The van der Waals surface area contributed by atoms with E-state index in [1.54, 1.807) is 24.3 Å². The first-order valence-corrected chi connectivity index (χ1v) is 6.76. The van der Waals surface area contributed by atoms with E-state index in [1.165, 1.54) is 24.4 Å². The number of hydrogen-bond donors (Lipinski definition) is 1. The van der Waals surface area contributed by atoms with Crippen molar-refractivity contribution < 1.29 is 9.72 Å². The summed E-state index contributed by atoms with van der Waals surface area (Å²) in [5.41, 5.74) is 2.86. The molecule has 0 aliphatic carbocycles. The van der Waals surface area contributed by atoms with E-state index in [2.05, 4.69) is 10.5 Å². The summed E-state index contributed by atoms with van der Waals surface area (Å²) in [5, 5.41) is 15.0. The molecule has 112 valence electrons. The third kappa shape index (κ3) is 4.03. The second-order valence-corrected chi connectivity index (χ2v) is 5.02. The molecule has 0 aliphatic rings. The smallest absolute Gasteiger partial charge is 0.267 e. The summed E-state index contributed by atoms with van der Waals surface area (Å²) >= 11 is 11.5. The molecule has 0 saturated heterocycles. The highest BCUT2D eigenvalue weighted by Crippen LogP contribution is 2.24. The van der Waals surface area contributed by atoms with Crippen LogP contribution in [0.1, 0.15) is 15.9 Å². The van der Waals surface area contributed by atoms with Crippen LogP contribution < -0.4 is 5.43 Å². The van der Waals surface area contributed by atoms with Crippen molar-refractivity contribution in [3.63, 3.8) is 0 Å². The summed E-state index contributed by atoms with van der Waals surface area (Å²) < 4.78 is 0. The second-order valence-electron chi connectivity index (χ2n) is 4.18. The topological polar surface area (TPSA) is 84.6 Å². The second kappa shape index (κ2) is 7.02. The molecule has 0 radical (unpaired) electrons. The molecule has 0 heterocycles. The van der Waals surface area contributed by atoms with Gasteiger partial charge in [-0.15, -0.1) is 0 Å². The van der Waals surface area contributed by atoms with Crippen LogP contribution in [0.4, 0.5) is 5.69 Å². The summed E-state index contributed by atoms with van der Waals surface area (Å²) in [7, 11) is 0. The molecule has 0 unspecified atom stereocenters. The number of rotatable bonds is 4. The standard InChI is InChI=1S/C14H9Cl2N3O3/c15-11-3-1-2-10(7-11)14(20)18-17-8-9-4-5-12(16)13(6-9)19(21)22/h1-8H,(H,18,20)/b17-8+. The van der Waals surface area contributed by atoms with Gasteiger partial charge in [-0.05, 0) is 24.3 Å². The Morgan fingerprint density at radius 2 is 2.00 bits per heavy atom. The zero-order chi connectivity index (χ0) is 16.1. The number of nitrogens with one attached hydrogen (secondary N) is 1. The van der Waals surface area contributed by atoms with Crippen LogP contribution in [0.15, 0.2) is 47.6 Å². The number of benzene rings is 2. The van der Waals surface area contributed by atoms with Crippen molar-refractivity contribution in [3.05, 3.63) is 73.8 Å². The lowest BCUT2D eigenvalue weighted by molar-refractivity contribution is -0.384. The Hall–Kier alpha value is -2.44. The predicted octanol–water partition coefficient (Wildman–Crippen LogP) is 3.67. The summed E-state index contributed by atoms with van der Waals surface area (Å²) in [4.78, 5) is 22.0. The fourth-order valence-corrected chi connectivity index (χ4v) is 1.99. The van der Waals surface area contributed by atoms with E-state index in [1.807, 2.05) is 0 Å². The molecule has 8 heteroatoms. The van der Waals surface area contributed by atoms with E-state index in [9.17, 15) is 14.9 Å². The van der Waals surface area contributed by atoms with Gasteiger partial charge in [0.2, 0.25) is 0 Å². The fourth-order valence-electron chi connectivity index (χ4n) is 1.61. The van der Waals surface area contributed by atoms with Crippen molar-refractivity contribution >= 4 is 41.0 Å². The maximum atomic E-state index is 11.8. The molecule has 22 heavy (non-hydrogen) atoms. The molecule has 2 rings (SSSR count). The van der Waals surface area contributed by atoms with E-state index in [0.717, 1.165) is 0 Å². The van der Waals surface area contributed by atoms with Crippen LogP contribution in [0.25, 0.3) is 0 Å². The average Bonchev–Trinajstić information content (AvgIpc) is 2.48. The Morgan fingerprint density at radius 1 is 1.23 bits per heavy atom. The van der Waals surface area contributed by atoms with Crippen LogP contribution in [0.5, 0.6) is 0 Å². The molecule has 0 saturated carbocycles. The highest BCUT2D eigenvalue weighted by atomic mass is 35.5. The van der Waals surface area contributed by atoms with Gasteiger partial charge in [-0.25, -0.2) is 5.43 Å². The Morgan fingerprint density at radius 3 is 2.68 bits per heavy atom. The molecule has 0 aliphatic heterocycles. The van der Waals surface area contributed by atoms with Gasteiger partial charge in [-0.1, -0.05) is 35.3 Å². The molecular formula is C14H9Cl2N3O3. The molecule has 0 spiro atoms. The summed E-state index contributed by atoms with van der Waals surface area (Å²) in [6, 6.07) is 10.6. The molecule has 0 bridgehead atoms. The molecule has 2 aromatic carbocycles. The fraction of sp³-hybridized carbons (Fsp3) is 0. The molecule has 2 aromatic rings. The van der Waals surface area contributed by atoms with Crippen LogP contribution in [0, 0.1) is 10.1 Å². The van der Waals surface area contributed by atoms with E-state index in [0.29, 0.717) is 16.1 Å². The highest BCUT2D eigenvalue weighted by molar-refractivity contribution is 6.32. The molecule has 0 fully saturated rings. The number of hydrazone groups is 1. The monoisotopic (exact) mass is 337 g/mol. The Kier molecular flexibility index (Phi) is 5.08. The minimum absolute atomic E-state index is 0.0325. The van der Waals surface area contributed by atoms with Crippen molar-refractivity contribution in [1.29, 1.82) is 0 Å². The van der Waals surface area contributed by atoms with Gasteiger partial charge in [0.25, 0.3) is 11.6 Å². The molecule has 6 nitrogen and oxygen atoms in total. The van der Waals surface area contributed by atoms with Gasteiger partial charge < -0.3 is 0 Å². The average molecular weight is 338 g/mol. The lowest BCUT2D eigenvalue weighted by atomic mass is 10.2. The number of amides is 1. The Balaban J connectivity index is 2.08. The van der Waals surface area contributed by atoms with E-state index in [4.69, 9.17) is 23.2 Å². The highest BCUT2D eigenvalue weighted by Gasteiger charge is 2.12. The minimum Gasteiger partial charge on any atom is -0.267 e. The van der Waals surface area contributed by atoms with Gasteiger partial charge in [0, 0.05) is 22.2 Å². The number of carbonyl (C=O) groups is 1.